The van der Waals surface area contributed by atoms with E-state index < -0.39 is 5.92 Å². The predicted octanol–water partition coefficient (Wildman–Crippen LogP) is 1.44. The van der Waals surface area contributed by atoms with E-state index in [1.165, 1.54) is 0 Å². The molecule has 0 N–H and O–H groups in total. The van der Waals surface area contributed by atoms with E-state index in [0.717, 1.165) is 18.1 Å². The Morgan fingerprint density at radius 1 is 1.44 bits per heavy atom. The predicted molar refractivity (Wildman–Crippen MR) is 73.7 cm³/mol. The molecule has 0 amide bonds. The molecule has 2 atom stereocenters. The second kappa shape index (κ2) is 7.14. The van der Waals surface area contributed by atoms with E-state index in [4.69, 9.17) is 4.74 Å². The zero-order valence-electron chi connectivity index (χ0n) is 11.6. The lowest BCUT2D eigenvalue weighted by molar-refractivity contribution is -0.154. The Balaban J connectivity index is 2.78. The summed E-state index contributed by atoms with van der Waals surface area (Å²) in [5.41, 5.74) is 0. The molecule has 1 aliphatic heterocycles. The number of thioether (sulfide) groups is 1. The molecule has 0 saturated carbocycles. The van der Waals surface area contributed by atoms with Crippen molar-refractivity contribution in [2.24, 2.45) is 11.8 Å². The topological polar surface area (TPSA) is 46.6 Å². The summed E-state index contributed by atoms with van der Waals surface area (Å²) in [6.45, 7) is 6.78. The van der Waals surface area contributed by atoms with E-state index in [-0.39, 0.29) is 23.7 Å². The molecule has 5 heteroatoms. The minimum atomic E-state index is -0.629. The Kier molecular flexibility index (Phi) is 6.15. The van der Waals surface area contributed by atoms with Crippen LogP contribution in [0.5, 0.6) is 0 Å². The van der Waals surface area contributed by atoms with Crippen LogP contribution in [0.15, 0.2) is 0 Å². The Morgan fingerprint density at radius 3 is 2.61 bits per heavy atom. The van der Waals surface area contributed by atoms with Gasteiger partial charge in [-0.25, -0.2) is 0 Å². The number of nitrogens with zero attached hydrogens (tertiary/aromatic N) is 1. The largest absolute Gasteiger partial charge is 0.465 e. The first-order valence-electron chi connectivity index (χ1n) is 6.47. The molecule has 1 fully saturated rings. The summed E-state index contributed by atoms with van der Waals surface area (Å²) in [5, 5.41) is 0. The minimum Gasteiger partial charge on any atom is -0.465 e. The second-order valence-corrected chi connectivity index (χ2v) is 6.10. The molecule has 1 heterocycles. The zero-order chi connectivity index (χ0) is 13.7. The van der Waals surface area contributed by atoms with Gasteiger partial charge in [0.1, 0.15) is 5.92 Å². The van der Waals surface area contributed by atoms with Crippen LogP contribution in [0.4, 0.5) is 0 Å². The standard InChI is InChI=1S/C13H23NO3S/c1-5-17-13(16)11(9(2)3)12(15)10-8-18-7-6-14(10)4/h9-11H,5-8H2,1-4H3. The summed E-state index contributed by atoms with van der Waals surface area (Å²) in [4.78, 5) is 26.5. The smallest absolute Gasteiger partial charge is 0.316 e. The Morgan fingerprint density at radius 2 is 2.11 bits per heavy atom. The number of rotatable bonds is 5. The normalized spacial score (nSPS) is 22.8. The fourth-order valence-corrected chi connectivity index (χ4v) is 3.37. The molecule has 0 aromatic heterocycles. The van der Waals surface area contributed by atoms with Gasteiger partial charge in [-0.2, -0.15) is 11.8 Å². The molecule has 1 aliphatic rings. The molecular formula is C13H23NO3S. The number of Topliss-reactive ketones (excluding diaryl/α,β-unsaturated/α-hetero) is 1. The van der Waals surface area contributed by atoms with Crippen LogP contribution < -0.4 is 0 Å². The second-order valence-electron chi connectivity index (χ2n) is 4.95. The van der Waals surface area contributed by atoms with Gasteiger partial charge in [0.25, 0.3) is 0 Å². The van der Waals surface area contributed by atoms with Crippen molar-refractivity contribution < 1.29 is 14.3 Å². The van der Waals surface area contributed by atoms with E-state index in [0.29, 0.717) is 6.61 Å². The SMILES string of the molecule is CCOC(=O)C(C(=O)C1CSCCN1C)C(C)C. The minimum absolute atomic E-state index is 0.0122. The first-order valence-corrected chi connectivity index (χ1v) is 7.62. The number of carbonyl (C=O) groups is 2. The number of carbonyl (C=O) groups excluding carboxylic acids is 2. The van der Waals surface area contributed by atoms with Crippen LogP contribution >= 0.6 is 11.8 Å². The van der Waals surface area contributed by atoms with Gasteiger partial charge >= 0.3 is 5.97 Å². The van der Waals surface area contributed by atoms with Crippen molar-refractivity contribution in [3.63, 3.8) is 0 Å². The van der Waals surface area contributed by atoms with Gasteiger partial charge in [-0.15, -0.1) is 0 Å². The summed E-state index contributed by atoms with van der Waals surface area (Å²) in [7, 11) is 1.95. The fraction of sp³-hybridized carbons (Fsp3) is 0.846. The third kappa shape index (κ3) is 3.72. The van der Waals surface area contributed by atoms with Crippen molar-refractivity contribution in [1.82, 2.24) is 4.90 Å². The lowest BCUT2D eigenvalue weighted by atomic mass is 9.88. The maximum absolute atomic E-state index is 12.5. The average Bonchev–Trinajstić information content (AvgIpc) is 2.29. The number of esters is 1. The van der Waals surface area contributed by atoms with E-state index in [2.05, 4.69) is 0 Å². The van der Waals surface area contributed by atoms with Crippen molar-refractivity contribution in [3.05, 3.63) is 0 Å². The van der Waals surface area contributed by atoms with Crippen molar-refractivity contribution in [1.29, 1.82) is 0 Å². The maximum Gasteiger partial charge on any atom is 0.316 e. The van der Waals surface area contributed by atoms with Crippen LogP contribution in [0, 0.1) is 11.8 Å². The molecule has 18 heavy (non-hydrogen) atoms. The highest BCUT2D eigenvalue weighted by molar-refractivity contribution is 7.99. The summed E-state index contributed by atoms with van der Waals surface area (Å²) < 4.78 is 5.03. The van der Waals surface area contributed by atoms with E-state index >= 15 is 0 Å². The zero-order valence-corrected chi connectivity index (χ0v) is 12.5. The van der Waals surface area contributed by atoms with Gasteiger partial charge < -0.3 is 4.74 Å². The Hall–Kier alpha value is -0.550. The van der Waals surface area contributed by atoms with Gasteiger partial charge in [-0.1, -0.05) is 13.8 Å². The molecule has 0 radical (unpaired) electrons. The van der Waals surface area contributed by atoms with Gasteiger partial charge in [-0.05, 0) is 19.9 Å². The fourth-order valence-electron chi connectivity index (χ4n) is 2.14. The molecule has 2 unspecified atom stereocenters. The lowest BCUT2D eigenvalue weighted by Gasteiger charge is -2.33. The number of likely N-dealkylation sites (N-methyl/N-ethyl adjacent to an activating group) is 1. The van der Waals surface area contributed by atoms with Crippen molar-refractivity contribution in [2.45, 2.75) is 26.8 Å². The van der Waals surface area contributed by atoms with E-state index in [1.54, 1.807) is 18.7 Å². The first-order chi connectivity index (χ1) is 8.49. The molecule has 1 saturated heterocycles. The summed E-state index contributed by atoms with van der Waals surface area (Å²) in [5.74, 6) is 0.817. The van der Waals surface area contributed by atoms with Crippen LogP contribution in [-0.4, -0.2) is 54.4 Å². The van der Waals surface area contributed by atoms with Gasteiger partial charge in [0, 0.05) is 18.1 Å². The van der Waals surface area contributed by atoms with Gasteiger partial charge in [-0.3, -0.25) is 14.5 Å². The van der Waals surface area contributed by atoms with Crippen LogP contribution in [0.25, 0.3) is 0 Å². The van der Waals surface area contributed by atoms with E-state index in [9.17, 15) is 9.59 Å². The quantitative estimate of drug-likeness (QED) is 0.560. The van der Waals surface area contributed by atoms with Crippen LogP contribution in [0.3, 0.4) is 0 Å². The molecule has 0 bridgehead atoms. The summed E-state index contributed by atoms with van der Waals surface area (Å²) in [6, 6.07) is -0.152. The van der Waals surface area contributed by atoms with Gasteiger partial charge in [0.15, 0.2) is 5.78 Å². The molecule has 0 aromatic rings. The van der Waals surface area contributed by atoms with Crippen molar-refractivity contribution in [3.8, 4) is 0 Å². The highest BCUT2D eigenvalue weighted by Crippen LogP contribution is 2.23. The van der Waals surface area contributed by atoms with E-state index in [1.807, 2.05) is 25.8 Å². The Bertz CT molecular complexity index is 307. The molecule has 0 aliphatic carbocycles. The summed E-state index contributed by atoms with van der Waals surface area (Å²) >= 11 is 1.77. The van der Waals surface area contributed by atoms with Gasteiger partial charge in [0.2, 0.25) is 0 Å². The third-order valence-corrected chi connectivity index (χ3v) is 4.26. The monoisotopic (exact) mass is 273 g/mol. The van der Waals surface area contributed by atoms with Crippen molar-refractivity contribution >= 4 is 23.5 Å². The van der Waals surface area contributed by atoms with Gasteiger partial charge in [0.05, 0.1) is 12.6 Å². The van der Waals surface area contributed by atoms with Crippen LogP contribution in [0.1, 0.15) is 20.8 Å². The number of ether oxygens (including phenoxy) is 1. The number of hydrogen-bond acceptors (Lipinski definition) is 5. The molecule has 0 spiro atoms. The first kappa shape index (κ1) is 15.5. The highest BCUT2D eigenvalue weighted by atomic mass is 32.2. The average molecular weight is 273 g/mol. The molecular weight excluding hydrogens is 250 g/mol. The Labute approximate surface area is 113 Å². The highest BCUT2D eigenvalue weighted by Gasteiger charge is 2.38. The number of hydrogen-bond donors (Lipinski definition) is 0. The third-order valence-electron chi connectivity index (χ3n) is 3.24. The van der Waals surface area contributed by atoms with Crippen LogP contribution in [-0.2, 0) is 14.3 Å². The molecule has 0 aromatic carbocycles. The molecule has 1 rings (SSSR count). The maximum atomic E-state index is 12.5. The number of ketones is 1. The van der Waals surface area contributed by atoms with Crippen LogP contribution in [0.2, 0.25) is 0 Å². The summed E-state index contributed by atoms with van der Waals surface area (Å²) in [6.07, 6.45) is 0. The van der Waals surface area contributed by atoms with Crippen molar-refractivity contribution in [2.75, 3.05) is 31.7 Å². The lowest BCUT2D eigenvalue weighted by Crippen LogP contribution is -2.49. The molecule has 104 valence electrons. The molecule has 4 nitrogen and oxygen atoms in total.